The van der Waals surface area contributed by atoms with Gasteiger partial charge >= 0.3 is 0 Å². The molecular weight excluding hydrogens is 332 g/mol. The van der Waals surface area contributed by atoms with E-state index in [1.807, 2.05) is 0 Å². The Kier molecular flexibility index (Phi) is 6.56. The highest BCUT2D eigenvalue weighted by Gasteiger charge is 2.39. The van der Waals surface area contributed by atoms with Crippen LogP contribution in [0, 0.1) is 5.92 Å². The highest BCUT2D eigenvalue weighted by Crippen LogP contribution is 2.43. The zero-order valence-corrected chi connectivity index (χ0v) is 16.7. The standard InChI is InChI=1S/C21H32N2O.ClH/c1-20(2,3)17-5-7-18(8-6-17)21(11-4-12-21)15-23-19(24)16-9-13-22-14-10-16;/h5-8,16,22H,4,9-15H2,1-3H3,(H,23,24);1H. The average Bonchev–Trinajstić information content (AvgIpc) is 2.54. The Bertz CT molecular complexity index is 567. The van der Waals surface area contributed by atoms with Crippen molar-refractivity contribution in [3.63, 3.8) is 0 Å². The Labute approximate surface area is 158 Å². The van der Waals surface area contributed by atoms with Gasteiger partial charge in [0.25, 0.3) is 0 Å². The van der Waals surface area contributed by atoms with Crippen LogP contribution in [0.2, 0.25) is 0 Å². The monoisotopic (exact) mass is 364 g/mol. The summed E-state index contributed by atoms with van der Waals surface area (Å²) in [6.07, 6.45) is 5.59. The van der Waals surface area contributed by atoms with Crippen LogP contribution in [0.15, 0.2) is 24.3 Å². The predicted molar refractivity (Wildman–Crippen MR) is 107 cm³/mol. The maximum atomic E-state index is 12.5. The zero-order valence-electron chi connectivity index (χ0n) is 15.9. The fourth-order valence-corrected chi connectivity index (χ4v) is 3.98. The van der Waals surface area contributed by atoms with Crippen molar-refractivity contribution in [1.82, 2.24) is 10.6 Å². The number of benzene rings is 1. The topological polar surface area (TPSA) is 41.1 Å². The largest absolute Gasteiger partial charge is 0.355 e. The van der Waals surface area contributed by atoms with Crippen LogP contribution in [0.5, 0.6) is 0 Å². The van der Waals surface area contributed by atoms with Gasteiger partial charge in [0.2, 0.25) is 5.91 Å². The Morgan fingerprint density at radius 1 is 1.16 bits per heavy atom. The maximum absolute atomic E-state index is 12.5. The number of hydrogen-bond donors (Lipinski definition) is 2. The molecule has 1 aromatic carbocycles. The summed E-state index contributed by atoms with van der Waals surface area (Å²) in [6.45, 7) is 9.49. The smallest absolute Gasteiger partial charge is 0.223 e. The molecule has 3 nitrogen and oxygen atoms in total. The molecule has 1 aliphatic carbocycles. The highest BCUT2D eigenvalue weighted by molar-refractivity contribution is 5.85. The van der Waals surface area contributed by atoms with Crippen molar-refractivity contribution in [3.8, 4) is 0 Å². The van der Waals surface area contributed by atoms with Gasteiger partial charge < -0.3 is 10.6 Å². The van der Waals surface area contributed by atoms with Crippen LogP contribution in [0.25, 0.3) is 0 Å². The van der Waals surface area contributed by atoms with E-state index < -0.39 is 0 Å². The molecule has 25 heavy (non-hydrogen) atoms. The molecule has 140 valence electrons. The number of nitrogens with one attached hydrogen (secondary N) is 2. The number of hydrogen-bond acceptors (Lipinski definition) is 2. The second kappa shape index (κ2) is 8.09. The van der Waals surface area contributed by atoms with Gasteiger partial charge in [-0.05, 0) is 55.3 Å². The van der Waals surface area contributed by atoms with Gasteiger partial charge in [0.15, 0.2) is 0 Å². The van der Waals surface area contributed by atoms with Crippen LogP contribution in [0.1, 0.15) is 64.0 Å². The van der Waals surface area contributed by atoms with E-state index >= 15 is 0 Å². The summed E-state index contributed by atoms with van der Waals surface area (Å²) in [4.78, 5) is 12.5. The zero-order chi connectivity index (χ0) is 17.2. The fourth-order valence-electron chi connectivity index (χ4n) is 3.98. The first-order valence-electron chi connectivity index (χ1n) is 9.50. The molecule has 2 N–H and O–H groups in total. The van der Waals surface area contributed by atoms with Gasteiger partial charge in [0.1, 0.15) is 0 Å². The molecule has 1 aliphatic heterocycles. The van der Waals surface area contributed by atoms with Crippen molar-refractivity contribution < 1.29 is 4.79 Å². The summed E-state index contributed by atoms with van der Waals surface area (Å²) >= 11 is 0. The van der Waals surface area contributed by atoms with Crippen LogP contribution >= 0.6 is 12.4 Å². The van der Waals surface area contributed by atoms with Gasteiger partial charge in [-0.2, -0.15) is 0 Å². The summed E-state index contributed by atoms with van der Waals surface area (Å²) in [6, 6.07) is 9.11. The molecule has 0 bridgehead atoms. The quantitative estimate of drug-likeness (QED) is 0.849. The van der Waals surface area contributed by atoms with Crippen molar-refractivity contribution in [3.05, 3.63) is 35.4 Å². The lowest BCUT2D eigenvalue weighted by atomic mass is 9.64. The van der Waals surface area contributed by atoms with Crippen LogP contribution < -0.4 is 10.6 Å². The molecule has 1 saturated carbocycles. The maximum Gasteiger partial charge on any atom is 0.223 e. The van der Waals surface area contributed by atoms with E-state index in [9.17, 15) is 4.79 Å². The molecule has 3 rings (SSSR count). The number of piperidine rings is 1. The number of rotatable bonds is 4. The van der Waals surface area contributed by atoms with E-state index in [1.54, 1.807) is 0 Å². The molecule has 0 radical (unpaired) electrons. The first-order chi connectivity index (χ1) is 11.4. The highest BCUT2D eigenvalue weighted by atomic mass is 35.5. The second-order valence-corrected chi connectivity index (χ2v) is 8.70. The number of carbonyl (C=O) groups is 1. The molecule has 2 fully saturated rings. The number of halogens is 1. The first-order valence-corrected chi connectivity index (χ1v) is 9.50. The SMILES string of the molecule is CC(C)(C)c1ccc(C2(CNC(=O)C3CCNCC3)CCC2)cc1.Cl. The molecule has 2 aliphatic rings. The predicted octanol–water partition coefficient (Wildman–Crippen LogP) is 3.94. The lowest BCUT2D eigenvalue weighted by molar-refractivity contribution is -0.126. The molecule has 0 spiro atoms. The third kappa shape index (κ3) is 4.57. The van der Waals surface area contributed by atoms with Crippen LogP contribution in [0.4, 0.5) is 0 Å². The van der Waals surface area contributed by atoms with Crippen molar-refractivity contribution in [1.29, 1.82) is 0 Å². The molecule has 1 heterocycles. The molecule has 0 unspecified atom stereocenters. The molecular formula is C21H33ClN2O. The summed E-state index contributed by atoms with van der Waals surface area (Å²) < 4.78 is 0. The van der Waals surface area contributed by atoms with Crippen molar-refractivity contribution in [2.45, 2.75) is 63.7 Å². The van der Waals surface area contributed by atoms with Gasteiger partial charge in [-0.15, -0.1) is 12.4 Å². The number of amides is 1. The molecule has 1 amide bonds. The molecule has 1 aromatic rings. The van der Waals surface area contributed by atoms with Crippen molar-refractivity contribution >= 4 is 18.3 Å². The lowest BCUT2D eigenvalue weighted by Gasteiger charge is -2.43. The third-order valence-electron chi connectivity index (χ3n) is 5.98. The average molecular weight is 365 g/mol. The first kappa shape index (κ1) is 20.3. The van der Waals surface area contributed by atoms with E-state index in [-0.39, 0.29) is 35.1 Å². The molecule has 4 heteroatoms. The van der Waals surface area contributed by atoms with E-state index in [1.165, 1.54) is 30.4 Å². The summed E-state index contributed by atoms with van der Waals surface area (Å²) in [5, 5.41) is 6.60. The van der Waals surface area contributed by atoms with E-state index in [0.29, 0.717) is 0 Å². The van der Waals surface area contributed by atoms with Crippen molar-refractivity contribution in [2.75, 3.05) is 19.6 Å². The van der Waals surface area contributed by atoms with Crippen LogP contribution in [-0.2, 0) is 15.6 Å². The molecule has 0 atom stereocenters. The van der Waals surface area contributed by atoms with E-state index in [2.05, 4.69) is 55.7 Å². The van der Waals surface area contributed by atoms with Gasteiger partial charge in [-0.25, -0.2) is 0 Å². The van der Waals surface area contributed by atoms with E-state index in [4.69, 9.17) is 0 Å². The fraction of sp³-hybridized carbons (Fsp3) is 0.667. The second-order valence-electron chi connectivity index (χ2n) is 8.70. The Morgan fingerprint density at radius 3 is 2.24 bits per heavy atom. The summed E-state index contributed by atoms with van der Waals surface area (Å²) in [5.41, 5.74) is 3.12. The minimum atomic E-state index is 0. The van der Waals surface area contributed by atoms with Gasteiger partial charge in [-0.1, -0.05) is 51.5 Å². The normalized spacial score (nSPS) is 20.3. The van der Waals surface area contributed by atoms with Crippen LogP contribution in [0.3, 0.4) is 0 Å². The van der Waals surface area contributed by atoms with Gasteiger partial charge in [0, 0.05) is 17.9 Å². The minimum absolute atomic E-state index is 0. The Morgan fingerprint density at radius 2 is 1.76 bits per heavy atom. The minimum Gasteiger partial charge on any atom is -0.355 e. The third-order valence-corrected chi connectivity index (χ3v) is 5.98. The van der Waals surface area contributed by atoms with E-state index in [0.717, 1.165) is 32.5 Å². The molecule has 0 aromatic heterocycles. The lowest BCUT2D eigenvalue weighted by Crippen LogP contribution is -2.48. The number of carbonyl (C=O) groups excluding carboxylic acids is 1. The Balaban J connectivity index is 0.00000225. The summed E-state index contributed by atoms with van der Waals surface area (Å²) in [5.74, 6) is 0.459. The Hall–Kier alpha value is -1.06. The van der Waals surface area contributed by atoms with Gasteiger partial charge in [0.05, 0.1) is 0 Å². The molecule has 1 saturated heterocycles. The van der Waals surface area contributed by atoms with Crippen molar-refractivity contribution in [2.24, 2.45) is 5.92 Å². The van der Waals surface area contributed by atoms with Crippen LogP contribution in [-0.4, -0.2) is 25.5 Å². The van der Waals surface area contributed by atoms with Gasteiger partial charge in [-0.3, -0.25) is 4.79 Å². The summed E-state index contributed by atoms with van der Waals surface area (Å²) in [7, 11) is 0.